The second-order valence-corrected chi connectivity index (χ2v) is 3.35. The average molecular weight is 235 g/mol. The summed E-state index contributed by atoms with van der Waals surface area (Å²) in [4.78, 5) is 0. The summed E-state index contributed by atoms with van der Waals surface area (Å²) in [6.45, 7) is 2.09. The molecule has 17 heavy (non-hydrogen) atoms. The van der Waals surface area contributed by atoms with Crippen molar-refractivity contribution in [2.45, 2.75) is 6.92 Å². The maximum Gasteiger partial charge on any atom is 1.00 e. The van der Waals surface area contributed by atoms with E-state index < -0.39 is 0 Å². The van der Waals surface area contributed by atoms with Gasteiger partial charge in [0.05, 0.1) is 17.6 Å². The van der Waals surface area contributed by atoms with E-state index in [4.69, 9.17) is 10.00 Å². The van der Waals surface area contributed by atoms with Gasteiger partial charge in [-0.05, 0) is 18.2 Å². The van der Waals surface area contributed by atoms with Crippen LogP contribution < -0.4 is 34.7 Å². The largest absolute Gasteiger partial charge is 1.00 e. The summed E-state index contributed by atoms with van der Waals surface area (Å²) in [6.07, 6.45) is 1.59. The van der Waals surface area contributed by atoms with Crippen LogP contribution in [0.2, 0.25) is 0 Å². The fourth-order valence-electron chi connectivity index (χ4n) is 1.72. The molecule has 80 valence electrons. The number of benzene rings is 1. The van der Waals surface area contributed by atoms with E-state index in [0.717, 1.165) is 11.1 Å². The van der Waals surface area contributed by atoms with Gasteiger partial charge < -0.3 is 9.84 Å². The number of allylic oxidation sites excluding steroid dienone is 3. The van der Waals surface area contributed by atoms with E-state index in [1.807, 2.05) is 24.3 Å². The Morgan fingerprint density at radius 3 is 2.59 bits per heavy atom. The Kier molecular flexibility index (Phi) is 4.83. The molecule has 0 heterocycles. The van der Waals surface area contributed by atoms with E-state index >= 15 is 0 Å². The van der Waals surface area contributed by atoms with Crippen LogP contribution in [-0.4, -0.2) is 6.61 Å². The molecular formula is C13H10NNaO2. The van der Waals surface area contributed by atoms with E-state index in [2.05, 4.69) is 6.07 Å². The Balaban J connectivity index is 0.00000144. The predicted molar refractivity (Wildman–Crippen MR) is 58.6 cm³/mol. The van der Waals surface area contributed by atoms with Crippen LogP contribution in [0.25, 0.3) is 11.1 Å². The molecule has 1 aromatic carbocycles. The minimum absolute atomic E-state index is 0. The molecule has 0 radical (unpaired) electrons. The van der Waals surface area contributed by atoms with Gasteiger partial charge in [0, 0.05) is 11.1 Å². The van der Waals surface area contributed by atoms with Crippen molar-refractivity contribution in [2.75, 3.05) is 6.61 Å². The molecule has 0 spiro atoms. The third-order valence-corrected chi connectivity index (χ3v) is 2.41. The van der Waals surface area contributed by atoms with Crippen LogP contribution in [-0.2, 0) is 4.74 Å². The van der Waals surface area contributed by atoms with E-state index in [0.29, 0.717) is 17.8 Å². The molecule has 1 aliphatic carbocycles. The summed E-state index contributed by atoms with van der Waals surface area (Å²) in [7, 11) is 0. The molecule has 0 amide bonds. The Labute approximate surface area is 122 Å². The van der Waals surface area contributed by atoms with Crippen molar-refractivity contribution in [3.05, 3.63) is 47.4 Å². The van der Waals surface area contributed by atoms with Gasteiger partial charge in [-0.25, -0.2) is 0 Å². The molecule has 0 unspecified atom stereocenters. The summed E-state index contributed by atoms with van der Waals surface area (Å²) < 4.78 is 4.95. The zero-order chi connectivity index (χ0) is 11.5. The Morgan fingerprint density at radius 2 is 2.00 bits per heavy atom. The smallest absolute Gasteiger partial charge is 0.613 e. The molecule has 0 aromatic heterocycles. The number of rotatable bonds is 2. The van der Waals surface area contributed by atoms with Gasteiger partial charge in [-0.2, -0.15) is 5.26 Å². The SMILES string of the molecule is CCO/C([O-])=C1/C=C(C#N)c2ccccc21.[Na+]. The van der Waals surface area contributed by atoms with Gasteiger partial charge in [0.15, 0.2) is 0 Å². The second-order valence-electron chi connectivity index (χ2n) is 3.35. The van der Waals surface area contributed by atoms with E-state index in [1.165, 1.54) is 0 Å². The molecule has 0 aliphatic heterocycles. The van der Waals surface area contributed by atoms with Crippen molar-refractivity contribution in [1.29, 1.82) is 5.26 Å². The topological polar surface area (TPSA) is 56.1 Å². The molecular weight excluding hydrogens is 225 g/mol. The second kappa shape index (κ2) is 5.92. The Morgan fingerprint density at radius 1 is 1.35 bits per heavy atom. The molecule has 1 aromatic rings. The number of hydrogen-bond acceptors (Lipinski definition) is 3. The van der Waals surface area contributed by atoms with Gasteiger partial charge in [-0.3, -0.25) is 0 Å². The fourth-order valence-corrected chi connectivity index (χ4v) is 1.72. The molecule has 0 atom stereocenters. The molecule has 0 N–H and O–H groups in total. The molecule has 1 aliphatic rings. The first kappa shape index (κ1) is 13.9. The number of hydrogen-bond donors (Lipinski definition) is 0. The molecule has 0 saturated heterocycles. The zero-order valence-electron chi connectivity index (χ0n) is 9.86. The predicted octanol–water partition coefficient (Wildman–Crippen LogP) is -1.32. The average Bonchev–Trinajstić information content (AvgIpc) is 2.68. The van der Waals surface area contributed by atoms with Gasteiger partial charge >= 0.3 is 29.6 Å². The monoisotopic (exact) mass is 235 g/mol. The summed E-state index contributed by atoms with van der Waals surface area (Å²) in [6, 6.07) is 9.42. The van der Waals surface area contributed by atoms with Crippen molar-refractivity contribution in [2.24, 2.45) is 0 Å². The van der Waals surface area contributed by atoms with Crippen LogP contribution in [0.5, 0.6) is 0 Å². The van der Waals surface area contributed by atoms with Crippen molar-refractivity contribution in [3.8, 4) is 6.07 Å². The minimum Gasteiger partial charge on any atom is -0.613 e. The van der Waals surface area contributed by atoms with Gasteiger partial charge in [0.2, 0.25) is 0 Å². The summed E-state index contributed by atoms with van der Waals surface area (Å²) in [5, 5.41) is 20.6. The number of fused-ring (bicyclic) bond motifs is 1. The van der Waals surface area contributed by atoms with Crippen LogP contribution in [0.4, 0.5) is 0 Å². The summed E-state index contributed by atoms with van der Waals surface area (Å²) >= 11 is 0. The van der Waals surface area contributed by atoms with E-state index in [9.17, 15) is 5.11 Å². The minimum atomic E-state index is -0.375. The van der Waals surface area contributed by atoms with Crippen molar-refractivity contribution >= 4 is 11.1 Å². The van der Waals surface area contributed by atoms with Gasteiger partial charge in [-0.15, -0.1) is 0 Å². The van der Waals surface area contributed by atoms with Gasteiger partial charge in [-0.1, -0.05) is 31.2 Å². The maximum absolute atomic E-state index is 11.7. The molecule has 4 heteroatoms. The molecule has 3 nitrogen and oxygen atoms in total. The first-order valence-electron chi connectivity index (χ1n) is 5.03. The number of nitrogens with zero attached hydrogens (tertiary/aromatic N) is 1. The number of nitriles is 1. The van der Waals surface area contributed by atoms with Crippen LogP contribution in [0.1, 0.15) is 18.1 Å². The molecule has 2 rings (SSSR count). The summed E-state index contributed by atoms with van der Waals surface area (Å²) in [5.74, 6) is -0.375. The van der Waals surface area contributed by atoms with Crippen LogP contribution in [0.15, 0.2) is 36.3 Å². The van der Waals surface area contributed by atoms with Gasteiger partial charge in [0.25, 0.3) is 0 Å². The molecule has 0 fully saturated rings. The quantitative estimate of drug-likeness (QED) is 0.472. The van der Waals surface area contributed by atoms with Crippen LogP contribution >= 0.6 is 0 Å². The zero-order valence-corrected chi connectivity index (χ0v) is 11.9. The third-order valence-electron chi connectivity index (χ3n) is 2.41. The third kappa shape index (κ3) is 2.55. The van der Waals surface area contributed by atoms with Crippen molar-refractivity contribution < 1.29 is 39.4 Å². The fraction of sp³-hybridized carbons (Fsp3) is 0.154. The van der Waals surface area contributed by atoms with Gasteiger partial charge in [0.1, 0.15) is 0 Å². The van der Waals surface area contributed by atoms with Crippen molar-refractivity contribution in [3.63, 3.8) is 0 Å². The standard InChI is InChI=1S/C13H11NO2.Na/c1-2-16-13(15)12-7-9(8-14)10-5-3-4-6-11(10)12;/h3-7,15H,2H2,1H3;/q;+1/p-1/b13-12-;. The van der Waals surface area contributed by atoms with Crippen LogP contribution in [0.3, 0.4) is 0 Å². The Hall–Kier alpha value is -1.21. The molecule has 0 saturated carbocycles. The van der Waals surface area contributed by atoms with Crippen LogP contribution in [0, 0.1) is 11.3 Å². The Bertz CT molecular complexity index is 526. The normalized spacial score (nSPS) is 15.2. The summed E-state index contributed by atoms with van der Waals surface area (Å²) in [5.41, 5.74) is 2.55. The van der Waals surface area contributed by atoms with E-state index in [1.54, 1.807) is 13.0 Å². The molecule has 0 bridgehead atoms. The van der Waals surface area contributed by atoms with E-state index in [-0.39, 0.29) is 35.5 Å². The first-order valence-corrected chi connectivity index (χ1v) is 5.03. The first-order chi connectivity index (χ1) is 7.77. The number of ether oxygens (including phenoxy) is 1. The maximum atomic E-state index is 11.7. The van der Waals surface area contributed by atoms with Crippen molar-refractivity contribution in [1.82, 2.24) is 0 Å².